The van der Waals surface area contributed by atoms with Crippen LogP contribution in [0.4, 0.5) is 0 Å². The molecule has 0 saturated heterocycles. The number of ether oxygens (including phenoxy) is 1. The highest BCUT2D eigenvalue weighted by atomic mass is 35.5. The van der Waals surface area contributed by atoms with Crippen LogP contribution in [0.15, 0.2) is 42.9 Å². The topological polar surface area (TPSA) is 61.9 Å². The van der Waals surface area contributed by atoms with Gasteiger partial charge in [-0.25, -0.2) is 0 Å². The molecule has 1 aromatic carbocycles. The molecule has 0 bridgehead atoms. The number of carbonyl (C=O) groups is 1. The fourth-order valence-electron chi connectivity index (χ4n) is 2.63. The minimum atomic E-state index is -0.0770. The molecule has 0 aliphatic heterocycles. The van der Waals surface area contributed by atoms with Gasteiger partial charge in [0.1, 0.15) is 5.75 Å². The van der Waals surface area contributed by atoms with Gasteiger partial charge in [-0.3, -0.25) is 14.2 Å². The molecule has 0 unspecified atom stereocenters. The smallest absolute Gasteiger partial charge is 0.189 e. The summed E-state index contributed by atoms with van der Waals surface area (Å²) in [5.74, 6) is 0.676. The third kappa shape index (κ3) is 3.86. The lowest BCUT2D eigenvalue weighted by Gasteiger charge is -2.09. The minimum absolute atomic E-state index is 0.0770. The van der Waals surface area contributed by atoms with Gasteiger partial charge in [0.2, 0.25) is 0 Å². The predicted molar refractivity (Wildman–Crippen MR) is 101 cm³/mol. The minimum Gasteiger partial charge on any atom is -0.496 e. The second-order valence-electron chi connectivity index (χ2n) is 5.89. The maximum atomic E-state index is 12.4. The fourth-order valence-corrected chi connectivity index (χ4v) is 2.78. The Morgan fingerprint density at radius 2 is 2.12 bits per heavy atom. The summed E-state index contributed by atoms with van der Waals surface area (Å²) in [7, 11) is 3.44. The number of benzene rings is 1. The molecule has 134 valence electrons. The number of hydrogen-bond donors (Lipinski definition) is 0. The molecule has 2 aromatic heterocycles. The Bertz CT molecular complexity index is 972. The Labute approximate surface area is 156 Å². The molecule has 3 rings (SSSR count). The van der Waals surface area contributed by atoms with Crippen LogP contribution in [0.5, 0.6) is 5.75 Å². The molecule has 0 saturated carbocycles. The van der Waals surface area contributed by atoms with Gasteiger partial charge in [0.25, 0.3) is 0 Å². The first-order chi connectivity index (χ1) is 12.5. The van der Waals surface area contributed by atoms with Crippen LogP contribution >= 0.6 is 11.6 Å². The predicted octanol–water partition coefficient (Wildman–Crippen LogP) is 3.53. The second kappa shape index (κ2) is 7.58. The number of ketones is 1. The van der Waals surface area contributed by atoms with Crippen LogP contribution in [0.2, 0.25) is 5.02 Å². The van der Waals surface area contributed by atoms with Crippen molar-refractivity contribution < 1.29 is 9.53 Å². The van der Waals surface area contributed by atoms with Crippen molar-refractivity contribution in [3.8, 4) is 5.75 Å². The van der Waals surface area contributed by atoms with Crippen LogP contribution in [0.3, 0.4) is 0 Å². The first kappa shape index (κ1) is 17.9. The molecule has 2 heterocycles. The number of halogens is 1. The molecule has 3 aromatic rings. The van der Waals surface area contributed by atoms with E-state index in [1.165, 1.54) is 0 Å². The van der Waals surface area contributed by atoms with Crippen molar-refractivity contribution in [1.82, 2.24) is 19.6 Å². The largest absolute Gasteiger partial charge is 0.496 e. The van der Waals surface area contributed by atoms with Gasteiger partial charge in [-0.1, -0.05) is 23.7 Å². The third-order valence-electron chi connectivity index (χ3n) is 4.17. The zero-order valence-electron chi connectivity index (χ0n) is 14.8. The Morgan fingerprint density at radius 1 is 1.31 bits per heavy atom. The fraction of sp³-hybridized carbons (Fsp3) is 0.211. The Kier molecular flexibility index (Phi) is 5.23. The monoisotopic (exact) mass is 370 g/mol. The number of aromatic nitrogens is 4. The van der Waals surface area contributed by atoms with Gasteiger partial charge >= 0.3 is 0 Å². The molecular formula is C19H19ClN4O2. The van der Waals surface area contributed by atoms with E-state index in [1.54, 1.807) is 47.2 Å². The quantitative estimate of drug-likeness (QED) is 0.492. The highest BCUT2D eigenvalue weighted by Gasteiger charge is 2.10. The highest BCUT2D eigenvalue weighted by Crippen LogP contribution is 2.22. The van der Waals surface area contributed by atoms with E-state index in [1.807, 2.05) is 32.2 Å². The van der Waals surface area contributed by atoms with Crippen molar-refractivity contribution in [2.75, 3.05) is 7.11 Å². The van der Waals surface area contributed by atoms with Gasteiger partial charge in [0.15, 0.2) is 5.78 Å². The van der Waals surface area contributed by atoms with E-state index >= 15 is 0 Å². The summed E-state index contributed by atoms with van der Waals surface area (Å²) in [4.78, 5) is 12.4. The van der Waals surface area contributed by atoms with Crippen molar-refractivity contribution >= 4 is 23.5 Å². The summed E-state index contributed by atoms with van der Waals surface area (Å²) in [6, 6.07) is 5.74. The highest BCUT2D eigenvalue weighted by molar-refractivity contribution is 6.30. The molecule has 0 radical (unpaired) electrons. The summed E-state index contributed by atoms with van der Waals surface area (Å²) in [6.07, 6.45) is 8.27. The molecule has 0 amide bonds. The van der Waals surface area contributed by atoms with Gasteiger partial charge in [-0.15, -0.1) is 0 Å². The number of aryl methyl sites for hydroxylation is 1. The van der Waals surface area contributed by atoms with Crippen LogP contribution in [-0.4, -0.2) is 32.5 Å². The average molecular weight is 371 g/mol. The number of methoxy groups -OCH3 is 1. The molecule has 0 N–H and O–H groups in total. The summed E-state index contributed by atoms with van der Waals surface area (Å²) in [5, 5.41) is 8.87. The molecular weight excluding hydrogens is 352 g/mol. The summed E-state index contributed by atoms with van der Waals surface area (Å²) in [6.45, 7) is 2.39. The van der Waals surface area contributed by atoms with Crippen molar-refractivity contribution in [2.45, 2.75) is 13.5 Å². The van der Waals surface area contributed by atoms with E-state index in [0.29, 0.717) is 17.1 Å². The van der Waals surface area contributed by atoms with Crippen LogP contribution < -0.4 is 4.74 Å². The van der Waals surface area contributed by atoms with Crippen molar-refractivity contribution in [2.24, 2.45) is 7.05 Å². The molecule has 0 aliphatic rings. The molecule has 0 spiro atoms. The number of nitrogens with zero attached hydrogens (tertiary/aromatic N) is 4. The van der Waals surface area contributed by atoms with Crippen molar-refractivity contribution in [3.05, 3.63) is 70.3 Å². The SMILES string of the molecule is COc1ccc(/C=C/C(=O)c2cnn(C)c2C)cc1Cn1cc(Cl)cn1. The van der Waals surface area contributed by atoms with Crippen LogP contribution in [0.25, 0.3) is 6.08 Å². The lowest BCUT2D eigenvalue weighted by molar-refractivity contribution is 0.104. The molecule has 26 heavy (non-hydrogen) atoms. The molecule has 7 heteroatoms. The molecule has 6 nitrogen and oxygen atoms in total. The number of allylic oxidation sites excluding steroid dienone is 1. The maximum absolute atomic E-state index is 12.4. The third-order valence-corrected chi connectivity index (χ3v) is 4.36. The van der Waals surface area contributed by atoms with Crippen LogP contribution in [-0.2, 0) is 13.6 Å². The molecule has 0 fully saturated rings. The first-order valence-electron chi connectivity index (χ1n) is 8.04. The van der Waals surface area contributed by atoms with Gasteiger partial charge in [0.05, 0.1) is 36.6 Å². The Morgan fingerprint density at radius 3 is 2.73 bits per heavy atom. The van der Waals surface area contributed by atoms with Gasteiger partial charge in [0, 0.05) is 24.5 Å². The summed E-state index contributed by atoms with van der Waals surface area (Å²) >= 11 is 5.92. The Balaban J connectivity index is 1.82. The van der Waals surface area contributed by atoms with Gasteiger partial charge in [-0.2, -0.15) is 10.2 Å². The van der Waals surface area contributed by atoms with E-state index < -0.39 is 0 Å². The normalized spacial score (nSPS) is 11.2. The molecule has 0 aliphatic carbocycles. The zero-order valence-corrected chi connectivity index (χ0v) is 15.6. The van der Waals surface area contributed by atoms with E-state index in [9.17, 15) is 4.79 Å². The number of hydrogen-bond acceptors (Lipinski definition) is 4. The van der Waals surface area contributed by atoms with Gasteiger partial charge in [-0.05, 0) is 30.7 Å². The van der Waals surface area contributed by atoms with Gasteiger partial charge < -0.3 is 4.74 Å². The second-order valence-corrected chi connectivity index (χ2v) is 6.33. The lowest BCUT2D eigenvalue weighted by Crippen LogP contribution is -2.02. The van der Waals surface area contributed by atoms with Crippen LogP contribution in [0, 0.1) is 6.92 Å². The lowest BCUT2D eigenvalue weighted by atomic mass is 10.1. The standard InChI is InChI=1S/C19H19ClN4O2/c1-13-17(10-21-23(13)2)18(25)6-4-14-5-7-19(26-3)15(8-14)11-24-12-16(20)9-22-24/h4-10,12H,11H2,1-3H3/b6-4+. The zero-order chi connectivity index (χ0) is 18.7. The average Bonchev–Trinajstić information content (AvgIpc) is 3.19. The Hall–Kier alpha value is -2.86. The number of carbonyl (C=O) groups excluding carboxylic acids is 1. The van der Waals surface area contributed by atoms with E-state index in [0.717, 1.165) is 22.6 Å². The molecule has 0 atom stereocenters. The van der Waals surface area contributed by atoms with E-state index in [2.05, 4.69) is 10.2 Å². The van der Waals surface area contributed by atoms with E-state index in [4.69, 9.17) is 16.3 Å². The maximum Gasteiger partial charge on any atom is 0.189 e. The van der Waals surface area contributed by atoms with Crippen LogP contribution in [0.1, 0.15) is 27.2 Å². The number of rotatable bonds is 6. The summed E-state index contributed by atoms with van der Waals surface area (Å²) in [5.41, 5.74) is 3.28. The van der Waals surface area contributed by atoms with Crippen molar-refractivity contribution in [3.63, 3.8) is 0 Å². The van der Waals surface area contributed by atoms with Crippen molar-refractivity contribution in [1.29, 1.82) is 0 Å². The first-order valence-corrected chi connectivity index (χ1v) is 8.41. The summed E-state index contributed by atoms with van der Waals surface area (Å²) < 4.78 is 8.83. The van der Waals surface area contributed by atoms with E-state index in [-0.39, 0.29) is 5.78 Å².